The van der Waals surface area contributed by atoms with E-state index in [-0.39, 0.29) is 12.8 Å². The number of hydrogen-bond acceptors (Lipinski definition) is 6. The Morgan fingerprint density at radius 3 is 2.88 bits per heavy atom. The van der Waals surface area contributed by atoms with Crippen molar-refractivity contribution in [1.82, 2.24) is 10.1 Å². The molecule has 6 nitrogen and oxygen atoms in total. The molecule has 1 unspecified atom stereocenters. The van der Waals surface area contributed by atoms with Crippen LogP contribution in [0.25, 0.3) is 0 Å². The first-order valence-electron chi connectivity index (χ1n) is 4.93. The number of aliphatic hydroxyl groups excluding tert-OH is 1. The zero-order valence-electron chi connectivity index (χ0n) is 9.60. The van der Waals surface area contributed by atoms with Gasteiger partial charge in [-0.1, -0.05) is 5.16 Å². The highest BCUT2D eigenvalue weighted by Crippen LogP contribution is 2.20. The fourth-order valence-corrected chi connectivity index (χ4v) is 1.05. The molecule has 1 rings (SSSR count). The molecular formula is C10H15N3O3. The second kappa shape index (κ2) is 5.05. The lowest BCUT2D eigenvalue weighted by atomic mass is 10.1. The van der Waals surface area contributed by atoms with Gasteiger partial charge in [-0.2, -0.15) is 10.2 Å². The van der Waals surface area contributed by atoms with Gasteiger partial charge in [0, 0.05) is 7.11 Å². The van der Waals surface area contributed by atoms with Crippen LogP contribution in [0.5, 0.6) is 0 Å². The second-order valence-electron chi connectivity index (χ2n) is 3.95. The first-order valence-corrected chi connectivity index (χ1v) is 4.93. The molecule has 6 heteroatoms. The average molecular weight is 225 g/mol. The van der Waals surface area contributed by atoms with Gasteiger partial charge in [-0.3, -0.25) is 0 Å². The minimum absolute atomic E-state index is 0.0470. The van der Waals surface area contributed by atoms with Crippen molar-refractivity contribution < 1.29 is 14.4 Å². The SMILES string of the molecule is COC(C)(C)c1noc(CC(O)CC#N)n1. The van der Waals surface area contributed by atoms with E-state index in [9.17, 15) is 5.11 Å². The van der Waals surface area contributed by atoms with Crippen molar-refractivity contribution in [3.63, 3.8) is 0 Å². The number of ether oxygens (including phenoxy) is 1. The van der Waals surface area contributed by atoms with Gasteiger partial charge in [0.05, 0.1) is 25.0 Å². The Balaban J connectivity index is 2.69. The van der Waals surface area contributed by atoms with Crippen LogP contribution in [0.2, 0.25) is 0 Å². The number of aromatic nitrogens is 2. The van der Waals surface area contributed by atoms with Gasteiger partial charge in [0.1, 0.15) is 5.60 Å². The van der Waals surface area contributed by atoms with Crippen molar-refractivity contribution in [3.8, 4) is 6.07 Å². The van der Waals surface area contributed by atoms with Gasteiger partial charge in [-0.15, -0.1) is 0 Å². The molecule has 1 aromatic rings. The highest BCUT2D eigenvalue weighted by Gasteiger charge is 2.26. The molecule has 0 saturated heterocycles. The standard InChI is InChI=1S/C10H15N3O3/c1-10(2,15-3)9-12-8(16-13-9)6-7(14)4-5-11/h7,14H,4,6H2,1-3H3. The number of rotatable bonds is 5. The zero-order valence-corrected chi connectivity index (χ0v) is 9.60. The summed E-state index contributed by atoms with van der Waals surface area (Å²) >= 11 is 0. The van der Waals surface area contributed by atoms with Crippen LogP contribution in [0, 0.1) is 11.3 Å². The summed E-state index contributed by atoms with van der Waals surface area (Å²) < 4.78 is 10.1. The molecule has 0 spiro atoms. The molecule has 88 valence electrons. The van der Waals surface area contributed by atoms with Gasteiger partial charge in [0.2, 0.25) is 11.7 Å². The summed E-state index contributed by atoms with van der Waals surface area (Å²) in [5, 5.41) is 21.5. The number of aliphatic hydroxyl groups is 1. The maximum absolute atomic E-state index is 9.39. The highest BCUT2D eigenvalue weighted by molar-refractivity contribution is 4.98. The molecule has 0 amide bonds. The van der Waals surface area contributed by atoms with E-state index in [1.54, 1.807) is 7.11 Å². The summed E-state index contributed by atoms with van der Waals surface area (Å²) in [6, 6.07) is 1.87. The van der Waals surface area contributed by atoms with E-state index in [1.165, 1.54) is 0 Å². The third-order valence-corrected chi connectivity index (χ3v) is 2.25. The maximum atomic E-state index is 9.39. The molecular weight excluding hydrogens is 210 g/mol. The van der Waals surface area contributed by atoms with E-state index >= 15 is 0 Å². The minimum Gasteiger partial charge on any atom is -0.392 e. The Labute approximate surface area is 93.8 Å². The maximum Gasteiger partial charge on any atom is 0.229 e. The zero-order chi connectivity index (χ0) is 12.2. The molecule has 0 saturated carbocycles. The Bertz CT molecular complexity index is 381. The molecule has 0 aliphatic heterocycles. The van der Waals surface area contributed by atoms with E-state index in [2.05, 4.69) is 10.1 Å². The van der Waals surface area contributed by atoms with Crippen LogP contribution >= 0.6 is 0 Å². The molecule has 0 aromatic carbocycles. The van der Waals surface area contributed by atoms with Crippen molar-refractivity contribution in [2.45, 2.75) is 38.4 Å². The summed E-state index contributed by atoms with van der Waals surface area (Å²) in [6.45, 7) is 3.63. The van der Waals surface area contributed by atoms with Crippen LogP contribution in [-0.2, 0) is 16.8 Å². The molecule has 1 aromatic heterocycles. The summed E-state index contributed by atoms with van der Waals surface area (Å²) in [4.78, 5) is 4.10. The van der Waals surface area contributed by atoms with Crippen LogP contribution in [0.3, 0.4) is 0 Å². The van der Waals surface area contributed by atoms with E-state index < -0.39 is 11.7 Å². The van der Waals surface area contributed by atoms with Crippen molar-refractivity contribution in [2.75, 3.05) is 7.11 Å². The lowest BCUT2D eigenvalue weighted by Gasteiger charge is -2.17. The fourth-order valence-electron chi connectivity index (χ4n) is 1.05. The fraction of sp³-hybridized carbons (Fsp3) is 0.700. The lowest BCUT2D eigenvalue weighted by molar-refractivity contribution is 0.00973. The van der Waals surface area contributed by atoms with E-state index in [1.807, 2.05) is 19.9 Å². The Morgan fingerprint density at radius 1 is 1.62 bits per heavy atom. The van der Waals surface area contributed by atoms with Crippen LogP contribution in [-0.4, -0.2) is 28.5 Å². The van der Waals surface area contributed by atoms with Crippen LogP contribution in [0.4, 0.5) is 0 Å². The molecule has 0 bridgehead atoms. The summed E-state index contributed by atoms with van der Waals surface area (Å²) in [5.74, 6) is 0.733. The molecule has 1 atom stereocenters. The predicted octanol–water partition coefficient (Wildman–Crippen LogP) is 0.768. The van der Waals surface area contributed by atoms with Gasteiger partial charge >= 0.3 is 0 Å². The number of nitrogens with zero attached hydrogens (tertiary/aromatic N) is 3. The van der Waals surface area contributed by atoms with Gasteiger partial charge < -0.3 is 14.4 Å². The largest absolute Gasteiger partial charge is 0.392 e. The molecule has 1 N–H and O–H groups in total. The monoisotopic (exact) mass is 225 g/mol. The Morgan fingerprint density at radius 2 is 2.31 bits per heavy atom. The number of nitriles is 1. The van der Waals surface area contributed by atoms with E-state index in [0.29, 0.717) is 11.7 Å². The van der Waals surface area contributed by atoms with Gasteiger partial charge in [-0.05, 0) is 13.8 Å². The molecule has 0 aliphatic rings. The predicted molar refractivity (Wildman–Crippen MR) is 54.3 cm³/mol. The average Bonchev–Trinajstić information content (AvgIpc) is 2.67. The molecule has 16 heavy (non-hydrogen) atoms. The highest BCUT2D eigenvalue weighted by atomic mass is 16.5. The molecule has 0 radical (unpaired) electrons. The summed E-state index contributed by atoms with van der Waals surface area (Å²) in [6.07, 6.45) is -0.546. The van der Waals surface area contributed by atoms with Crippen LogP contribution < -0.4 is 0 Å². The third-order valence-electron chi connectivity index (χ3n) is 2.25. The normalized spacial score (nSPS) is 13.4. The van der Waals surface area contributed by atoms with Crippen LogP contribution in [0.1, 0.15) is 32.0 Å². The lowest BCUT2D eigenvalue weighted by Crippen LogP contribution is -2.21. The van der Waals surface area contributed by atoms with Gasteiger partial charge in [0.25, 0.3) is 0 Å². The molecule has 0 fully saturated rings. The van der Waals surface area contributed by atoms with Crippen molar-refractivity contribution in [3.05, 3.63) is 11.7 Å². The topological polar surface area (TPSA) is 92.2 Å². The van der Waals surface area contributed by atoms with Gasteiger partial charge in [0.15, 0.2) is 0 Å². The minimum atomic E-state index is -0.774. The molecule has 0 aliphatic carbocycles. The van der Waals surface area contributed by atoms with Crippen molar-refractivity contribution >= 4 is 0 Å². The van der Waals surface area contributed by atoms with E-state index in [0.717, 1.165) is 0 Å². The third kappa shape index (κ3) is 3.02. The second-order valence-corrected chi connectivity index (χ2v) is 3.95. The number of hydrogen-bond donors (Lipinski definition) is 1. The quantitative estimate of drug-likeness (QED) is 0.795. The Hall–Kier alpha value is -1.45. The summed E-state index contributed by atoms with van der Waals surface area (Å²) in [5.41, 5.74) is -0.623. The smallest absolute Gasteiger partial charge is 0.229 e. The Kier molecular flexibility index (Phi) is 3.99. The van der Waals surface area contributed by atoms with Crippen molar-refractivity contribution in [1.29, 1.82) is 5.26 Å². The van der Waals surface area contributed by atoms with Crippen LogP contribution in [0.15, 0.2) is 4.52 Å². The first-order chi connectivity index (χ1) is 7.49. The first kappa shape index (κ1) is 12.6. The summed E-state index contributed by atoms with van der Waals surface area (Å²) in [7, 11) is 1.56. The molecule has 1 heterocycles. The van der Waals surface area contributed by atoms with Crippen molar-refractivity contribution in [2.24, 2.45) is 0 Å². The number of methoxy groups -OCH3 is 1. The van der Waals surface area contributed by atoms with Gasteiger partial charge in [-0.25, -0.2) is 0 Å². The van der Waals surface area contributed by atoms with E-state index in [4.69, 9.17) is 14.5 Å².